The van der Waals surface area contributed by atoms with E-state index in [0.29, 0.717) is 11.4 Å². The number of nitrogens with one attached hydrogen (secondary N) is 2. The molecule has 10 heteroatoms. The number of carbonyl (C=O) groups excluding carboxylic acids is 1. The first-order chi connectivity index (χ1) is 13.7. The van der Waals surface area contributed by atoms with E-state index in [1.807, 2.05) is 30.3 Å². The summed E-state index contributed by atoms with van der Waals surface area (Å²) in [5.74, 6) is 0.0972. The predicted octanol–water partition coefficient (Wildman–Crippen LogP) is 3.14. The molecule has 0 saturated carbocycles. The molecule has 0 bridgehead atoms. The molecule has 4 N–H and O–H groups in total. The van der Waals surface area contributed by atoms with Crippen LogP contribution in [0.2, 0.25) is 0 Å². The summed E-state index contributed by atoms with van der Waals surface area (Å²) in [5, 5.41) is 12.4. The highest BCUT2D eigenvalue weighted by Gasteiger charge is 2.11. The molecule has 3 aromatic carbocycles. The van der Waals surface area contributed by atoms with Crippen molar-refractivity contribution in [3.05, 3.63) is 65.1 Å². The van der Waals surface area contributed by atoms with Crippen LogP contribution in [0.3, 0.4) is 0 Å². The number of fused-ring (bicyclic) bond motifs is 1. The third-order valence-electron chi connectivity index (χ3n) is 3.88. The van der Waals surface area contributed by atoms with E-state index in [4.69, 9.17) is 22.1 Å². The van der Waals surface area contributed by atoms with Gasteiger partial charge in [0, 0.05) is 5.69 Å². The zero-order valence-electron chi connectivity index (χ0n) is 14.9. The second-order valence-electron chi connectivity index (χ2n) is 5.96. The molecular formula is C19H16BrN3O4S2. The van der Waals surface area contributed by atoms with Crippen molar-refractivity contribution >= 4 is 65.7 Å². The maximum absolute atomic E-state index is 12.1. The second kappa shape index (κ2) is 8.87. The van der Waals surface area contributed by atoms with Gasteiger partial charge in [-0.2, -0.15) is 0 Å². The largest absolute Gasteiger partial charge is 0.483 e. The fourth-order valence-corrected chi connectivity index (χ4v) is 3.88. The number of sulfonamides is 1. The van der Waals surface area contributed by atoms with Crippen LogP contribution in [0.4, 0.5) is 5.69 Å². The number of hydrogen-bond donors (Lipinski definition) is 3. The highest BCUT2D eigenvalue weighted by Crippen LogP contribution is 2.32. The molecule has 0 aliphatic carbocycles. The number of primary sulfonamides is 1. The van der Waals surface area contributed by atoms with E-state index >= 15 is 0 Å². The first-order valence-corrected chi connectivity index (χ1v) is 11.0. The van der Waals surface area contributed by atoms with Gasteiger partial charge in [0.2, 0.25) is 10.0 Å². The van der Waals surface area contributed by atoms with E-state index in [1.165, 1.54) is 24.3 Å². The van der Waals surface area contributed by atoms with Gasteiger partial charge in [-0.1, -0.05) is 30.3 Å². The molecule has 29 heavy (non-hydrogen) atoms. The number of thiocarbonyl (C=S) groups is 1. The number of rotatable bonds is 5. The summed E-state index contributed by atoms with van der Waals surface area (Å²) in [4.78, 5) is 12.1. The smallest absolute Gasteiger partial charge is 0.264 e. The number of nitrogens with two attached hydrogens (primary N) is 1. The number of ether oxygens (including phenoxy) is 1. The highest BCUT2D eigenvalue weighted by atomic mass is 79.9. The van der Waals surface area contributed by atoms with Gasteiger partial charge in [-0.25, -0.2) is 13.6 Å². The molecule has 0 aliphatic heterocycles. The van der Waals surface area contributed by atoms with Gasteiger partial charge in [-0.05, 0) is 69.3 Å². The Balaban J connectivity index is 1.55. The standard InChI is InChI=1S/C19H16BrN3O4S2/c20-18-15-4-2-1-3-12(15)5-10-16(18)27-11-17(24)23-19(28)22-13-6-8-14(9-7-13)29(21,25)26/h1-10H,11H2,(H2,21,25,26)(H2,22,23,24,28). The Morgan fingerprint density at radius 1 is 1.07 bits per heavy atom. The van der Waals surface area contributed by atoms with E-state index < -0.39 is 15.9 Å². The third kappa shape index (κ3) is 5.51. The average Bonchev–Trinajstić information content (AvgIpc) is 2.67. The molecule has 0 aliphatic rings. The molecule has 0 fully saturated rings. The van der Waals surface area contributed by atoms with Crippen LogP contribution in [-0.4, -0.2) is 26.0 Å². The number of benzene rings is 3. The van der Waals surface area contributed by atoms with Crippen LogP contribution in [0.25, 0.3) is 10.8 Å². The Morgan fingerprint density at radius 2 is 1.76 bits per heavy atom. The van der Waals surface area contributed by atoms with Crippen molar-refractivity contribution < 1.29 is 17.9 Å². The molecule has 7 nitrogen and oxygen atoms in total. The highest BCUT2D eigenvalue weighted by molar-refractivity contribution is 9.10. The Kier molecular flexibility index (Phi) is 6.48. The SMILES string of the molecule is NS(=O)(=O)c1ccc(NC(=S)NC(=O)COc2ccc3ccccc3c2Br)cc1. The summed E-state index contributed by atoms with van der Waals surface area (Å²) in [6, 6.07) is 17.1. The van der Waals surface area contributed by atoms with Crippen molar-refractivity contribution in [3.8, 4) is 5.75 Å². The van der Waals surface area contributed by atoms with Crippen molar-refractivity contribution in [3.63, 3.8) is 0 Å². The maximum Gasteiger partial charge on any atom is 0.264 e. The number of anilines is 1. The van der Waals surface area contributed by atoms with E-state index in [1.54, 1.807) is 6.07 Å². The molecule has 150 valence electrons. The van der Waals surface area contributed by atoms with Crippen molar-refractivity contribution in [2.45, 2.75) is 4.90 Å². The average molecular weight is 494 g/mol. The molecule has 3 rings (SSSR count). The van der Waals surface area contributed by atoms with E-state index in [2.05, 4.69) is 26.6 Å². The van der Waals surface area contributed by atoms with Gasteiger partial charge in [0.1, 0.15) is 5.75 Å². The first-order valence-electron chi connectivity index (χ1n) is 8.28. The minimum atomic E-state index is -3.77. The predicted molar refractivity (Wildman–Crippen MR) is 119 cm³/mol. The quantitative estimate of drug-likeness (QED) is 0.470. The Hall–Kier alpha value is -2.53. The van der Waals surface area contributed by atoms with Gasteiger partial charge in [0.15, 0.2) is 11.7 Å². The van der Waals surface area contributed by atoms with Gasteiger partial charge < -0.3 is 10.1 Å². The van der Waals surface area contributed by atoms with Gasteiger partial charge in [-0.3, -0.25) is 10.1 Å². The molecule has 0 heterocycles. The number of halogens is 1. The minimum Gasteiger partial charge on any atom is -0.483 e. The van der Waals surface area contributed by atoms with E-state index in [0.717, 1.165) is 15.2 Å². The molecule has 0 aromatic heterocycles. The fourth-order valence-electron chi connectivity index (χ4n) is 2.52. The Morgan fingerprint density at radius 3 is 2.45 bits per heavy atom. The van der Waals surface area contributed by atoms with Gasteiger partial charge in [0.05, 0.1) is 9.37 Å². The van der Waals surface area contributed by atoms with Crippen LogP contribution in [0.1, 0.15) is 0 Å². The first kappa shape index (κ1) is 21.2. The lowest BCUT2D eigenvalue weighted by Crippen LogP contribution is -2.37. The summed E-state index contributed by atoms with van der Waals surface area (Å²) in [5.41, 5.74) is 0.501. The molecule has 0 unspecified atom stereocenters. The fraction of sp³-hybridized carbons (Fsp3) is 0.0526. The summed E-state index contributed by atoms with van der Waals surface area (Å²) >= 11 is 8.59. The molecule has 0 saturated heterocycles. The van der Waals surface area contributed by atoms with Gasteiger partial charge in [-0.15, -0.1) is 0 Å². The number of hydrogen-bond acceptors (Lipinski definition) is 5. The zero-order valence-corrected chi connectivity index (χ0v) is 18.1. The van der Waals surface area contributed by atoms with E-state index in [-0.39, 0.29) is 16.6 Å². The maximum atomic E-state index is 12.1. The van der Waals surface area contributed by atoms with Crippen molar-refractivity contribution in [2.75, 3.05) is 11.9 Å². The molecule has 0 radical (unpaired) electrons. The summed E-state index contributed by atoms with van der Waals surface area (Å²) in [6.07, 6.45) is 0. The van der Waals surface area contributed by atoms with Gasteiger partial charge in [0.25, 0.3) is 5.91 Å². The van der Waals surface area contributed by atoms with Crippen LogP contribution in [-0.2, 0) is 14.8 Å². The molecular weight excluding hydrogens is 478 g/mol. The van der Waals surface area contributed by atoms with E-state index in [9.17, 15) is 13.2 Å². The number of amides is 1. The van der Waals surface area contributed by atoms with Crippen LogP contribution >= 0.6 is 28.1 Å². The van der Waals surface area contributed by atoms with Crippen LogP contribution in [0, 0.1) is 0 Å². The summed E-state index contributed by atoms with van der Waals surface area (Å²) in [7, 11) is -3.77. The van der Waals surface area contributed by atoms with Crippen LogP contribution in [0.5, 0.6) is 5.75 Å². The number of carbonyl (C=O) groups is 1. The zero-order chi connectivity index (χ0) is 21.0. The van der Waals surface area contributed by atoms with Crippen molar-refractivity contribution in [1.29, 1.82) is 0 Å². The summed E-state index contributed by atoms with van der Waals surface area (Å²) < 4.78 is 28.9. The lowest BCUT2D eigenvalue weighted by molar-refractivity contribution is -0.121. The third-order valence-corrected chi connectivity index (χ3v) is 5.83. The molecule has 3 aromatic rings. The molecule has 1 amide bonds. The topological polar surface area (TPSA) is 111 Å². The second-order valence-corrected chi connectivity index (χ2v) is 8.72. The Labute approximate surface area is 181 Å². The van der Waals surface area contributed by atoms with Gasteiger partial charge >= 0.3 is 0 Å². The lowest BCUT2D eigenvalue weighted by atomic mass is 10.1. The van der Waals surface area contributed by atoms with Crippen LogP contribution < -0.4 is 20.5 Å². The van der Waals surface area contributed by atoms with Crippen LogP contribution in [0.15, 0.2) is 70.0 Å². The Bertz CT molecular complexity index is 1180. The van der Waals surface area contributed by atoms with Crippen molar-refractivity contribution in [1.82, 2.24) is 5.32 Å². The van der Waals surface area contributed by atoms with Crippen molar-refractivity contribution in [2.24, 2.45) is 5.14 Å². The molecule has 0 atom stereocenters. The molecule has 0 spiro atoms. The minimum absolute atomic E-state index is 0.0210. The monoisotopic (exact) mass is 493 g/mol. The normalized spacial score (nSPS) is 11.1. The summed E-state index contributed by atoms with van der Waals surface area (Å²) in [6.45, 7) is -0.233. The lowest BCUT2D eigenvalue weighted by Gasteiger charge is -2.12.